The number of hydrogen-bond donors (Lipinski definition) is 1. The van der Waals surface area contributed by atoms with Crippen LogP contribution in [0.2, 0.25) is 0 Å². The molecule has 1 aliphatic rings. The Morgan fingerprint density at radius 3 is 2.73 bits per heavy atom. The summed E-state index contributed by atoms with van der Waals surface area (Å²) < 4.78 is 0. The summed E-state index contributed by atoms with van der Waals surface area (Å²) in [6.45, 7) is 0. The first kappa shape index (κ1) is 9.97. The minimum atomic E-state index is 0.0205. The van der Waals surface area contributed by atoms with Gasteiger partial charge in [-0.2, -0.15) is 0 Å². The molecule has 0 aromatic heterocycles. The molecule has 2 nitrogen and oxygen atoms in total. The highest BCUT2D eigenvalue weighted by Gasteiger charge is 2.12. The summed E-state index contributed by atoms with van der Waals surface area (Å²) in [5.74, 6) is 0.0205. The molecular formula is C13H15NO. The van der Waals surface area contributed by atoms with E-state index in [4.69, 9.17) is 0 Å². The fourth-order valence-corrected chi connectivity index (χ4v) is 1.77. The summed E-state index contributed by atoms with van der Waals surface area (Å²) in [7, 11) is 0. The van der Waals surface area contributed by atoms with E-state index in [1.165, 1.54) is 0 Å². The standard InChI is InChI=1S/C13H15NO/c15-13(11-7-3-1-4-8-11)14-12-9-5-2-6-10-12/h1,3-5,7-9,12H,2,6,10H2,(H,14,15)/t12-/m1/s1. The second kappa shape index (κ2) is 4.78. The Labute approximate surface area is 90.0 Å². The number of benzene rings is 1. The first-order chi connectivity index (χ1) is 7.36. The Morgan fingerprint density at radius 2 is 2.07 bits per heavy atom. The predicted molar refractivity (Wildman–Crippen MR) is 60.7 cm³/mol. The molecular weight excluding hydrogens is 186 g/mol. The van der Waals surface area contributed by atoms with Gasteiger partial charge in [-0.25, -0.2) is 0 Å². The van der Waals surface area contributed by atoms with Crippen molar-refractivity contribution in [3.8, 4) is 0 Å². The summed E-state index contributed by atoms with van der Waals surface area (Å²) >= 11 is 0. The largest absolute Gasteiger partial charge is 0.346 e. The molecule has 1 N–H and O–H groups in total. The lowest BCUT2D eigenvalue weighted by Crippen LogP contribution is -2.34. The molecule has 1 aliphatic carbocycles. The number of nitrogens with one attached hydrogen (secondary N) is 1. The van der Waals surface area contributed by atoms with E-state index in [1.807, 2.05) is 30.3 Å². The zero-order valence-electron chi connectivity index (χ0n) is 8.65. The number of carbonyl (C=O) groups excluding carboxylic acids is 1. The Balaban J connectivity index is 1.98. The van der Waals surface area contributed by atoms with E-state index >= 15 is 0 Å². The maximum Gasteiger partial charge on any atom is 0.251 e. The van der Waals surface area contributed by atoms with Gasteiger partial charge < -0.3 is 5.32 Å². The van der Waals surface area contributed by atoms with E-state index < -0.39 is 0 Å². The molecule has 0 radical (unpaired) electrons. The average molecular weight is 201 g/mol. The van der Waals surface area contributed by atoms with Crippen LogP contribution in [0.25, 0.3) is 0 Å². The second-order valence-electron chi connectivity index (χ2n) is 3.81. The quantitative estimate of drug-likeness (QED) is 0.732. The maximum absolute atomic E-state index is 11.8. The molecule has 0 spiro atoms. The van der Waals surface area contributed by atoms with Gasteiger partial charge in [-0.3, -0.25) is 4.79 Å². The van der Waals surface area contributed by atoms with E-state index in [-0.39, 0.29) is 11.9 Å². The van der Waals surface area contributed by atoms with Crippen molar-refractivity contribution < 1.29 is 4.79 Å². The Hall–Kier alpha value is -1.57. The summed E-state index contributed by atoms with van der Waals surface area (Å²) in [5.41, 5.74) is 0.733. The minimum absolute atomic E-state index is 0.0205. The van der Waals surface area contributed by atoms with Crippen molar-refractivity contribution in [3.63, 3.8) is 0 Å². The molecule has 0 unspecified atom stereocenters. The molecule has 1 aromatic rings. The van der Waals surface area contributed by atoms with Crippen molar-refractivity contribution in [3.05, 3.63) is 48.0 Å². The number of hydrogen-bond acceptors (Lipinski definition) is 1. The second-order valence-corrected chi connectivity index (χ2v) is 3.81. The van der Waals surface area contributed by atoms with Gasteiger partial charge >= 0.3 is 0 Å². The molecule has 1 atom stereocenters. The van der Waals surface area contributed by atoms with E-state index in [0.29, 0.717) is 0 Å². The molecule has 0 aliphatic heterocycles. The van der Waals surface area contributed by atoms with Crippen LogP contribution in [-0.4, -0.2) is 11.9 Å². The van der Waals surface area contributed by atoms with Crippen LogP contribution >= 0.6 is 0 Å². The third-order valence-electron chi connectivity index (χ3n) is 2.61. The molecule has 0 bridgehead atoms. The molecule has 1 aromatic carbocycles. The van der Waals surface area contributed by atoms with Gasteiger partial charge in [0.15, 0.2) is 0 Å². The highest BCUT2D eigenvalue weighted by molar-refractivity contribution is 5.94. The Bertz CT molecular complexity index is 356. The maximum atomic E-state index is 11.8. The SMILES string of the molecule is O=C(N[C@@H]1C=CCCC1)c1ccccc1. The van der Waals surface area contributed by atoms with Crippen LogP contribution < -0.4 is 5.32 Å². The average Bonchev–Trinajstić information content (AvgIpc) is 2.31. The van der Waals surface area contributed by atoms with Gasteiger partial charge in [-0.1, -0.05) is 30.4 Å². The van der Waals surface area contributed by atoms with Crippen molar-refractivity contribution in [1.29, 1.82) is 0 Å². The third-order valence-corrected chi connectivity index (χ3v) is 2.61. The Kier molecular flexibility index (Phi) is 3.18. The fraction of sp³-hybridized carbons (Fsp3) is 0.308. The topological polar surface area (TPSA) is 29.1 Å². The van der Waals surface area contributed by atoms with Crippen LogP contribution in [0.5, 0.6) is 0 Å². The van der Waals surface area contributed by atoms with E-state index in [2.05, 4.69) is 17.5 Å². The lowest BCUT2D eigenvalue weighted by Gasteiger charge is -2.17. The van der Waals surface area contributed by atoms with Crippen LogP contribution in [0.1, 0.15) is 29.6 Å². The molecule has 15 heavy (non-hydrogen) atoms. The molecule has 1 amide bonds. The highest BCUT2D eigenvalue weighted by Crippen LogP contribution is 2.10. The summed E-state index contributed by atoms with van der Waals surface area (Å²) in [4.78, 5) is 11.8. The van der Waals surface area contributed by atoms with Gasteiger partial charge in [0.05, 0.1) is 0 Å². The molecule has 0 heterocycles. The molecule has 0 fully saturated rings. The third kappa shape index (κ3) is 2.69. The molecule has 2 heteroatoms. The van der Waals surface area contributed by atoms with E-state index in [1.54, 1.807) is 0 Å². The van der Waals surface area contributed by atoms with Gasteiger partial charge in [0.2, 0.25) is 0 Å². The predicted octanol–water partition coefficient (Wildman–Crippen LogP) is 2.53. The zero-order chi connectivity index (χ0) is 10.5. The van der Waals surface area contributed by atoms with Crippen LogP contribution in [0.3, 0.4) is 0 Å². The van der Waals surface area contributed by atoms with Crippen molar-refractivity contribution in [1.82, 2.24) is 5.32 Å². The van der Waals surface area contributed by atoms with Crippen LogP contribution in [0, 0.1) is 0 Å². The van der Waals surface area contributed by atoms with Crippen LogP contribution in [-0.2, 0) is 0 Å². The number of rotatable bonds is 2. The van der Waals surface area contributed by atoms with Gasteiger partial charge in [-0.15, -0.1) is 0 Å². The lowest BCUT2D eigenvalue weighted by molar-refractivity contribution is 0.0942. The van der Waals surface area contributed by atoms with Gasteiger partial charge in [0.1, 0.15) is 0 Å². The number of carbonyl (C=O) groups is 1. The van der Waals surface area contributed by atoms with E-state index in [0.717, 1.165) is 24.8 Å². The normalized spacial score (nSPS) is 19.9. The van der Waals surface area contributed by atoms with Gasteiger partial charge in [0.25, 0.3) is 5.91 Å². The summed E-state index contributed by atoms with van der Waals surface area (Å²) in [5, 5.41) is 3.01. The fourth-order valence-electron chi connectivity index (χ4n) is 1.77. The number of allylic oxidation sites excluding steroid dienone is 1. The van der Waals surface area contributed by atoms with Crippen LogP contribution in [0.4, 0.5) is 0 Å². The minimum Gasteiger partial charge on any atom is -0.346 e. The van der Waals surface area contributed by atoms with Crippen molar-refractivity contribution in [2.75, 3.05) is 0 Å². The smallest absolute Gasteiger partial charge is 0.251 e. The Morgan fingerprint density at radius 1 is 1.27 bits per heavy atom. The van der Waals surface area contributed by atoms with Crippen molar-refractivity contribution in [2.24, 2.45) is 0 Å². The lowest BCUT2D eigenvalue weighted by atomic mass is 10.0. The van der Waals surface area contributed by atoms with Crippen molar-refractivity contribution in [2.45, 2.75) is 25.3 Å². The monoisotopic (exact) mass is 201 g/mol. The van der Waals surface area contributed by atoms with Crippen LogP contribution in [0.15, 0.2) is 42.5 Å². The summed E-state index contributed by atoms with van der Waals surface area (Å²) in [6, 6.07) is 9.56. The molecule has 0 saturated carbocycles. The first-order valence-electron chi connectivity index (χ1n) is 5.39. The molecule has 2 rings (SSSR count). The molecule has 78 valence electrons. The van der Waals surface area contributed by atoms with Crippen molar-refractivity contribution >= 4 is 5.91 Å². The zero-order valence-corrected chi connectivity index (χ0v) is 8.65. The van der Waals surface area contributed by atoms with Gasteiger partial charge in [0, 0.05) is 11.6 Å². The van der Waals surface area contributed by atoms with Gasteiger partial charge in [-0.05, 0) is 31.4 Å². The molecule has 0 saturated heterocycles. The van der Waals surface area contributed by atoms with E-state index in [9.17, 15) is 4.79 Å². The first-order valence-corrected chi connectivity index (χ1v) is 5.39. The summed E-state index contributed by atoms with van der Waals surface area (Å²) in [6.07, 6.45) is 7.58. The number of amides is 1. The highest BCUT2D eigenvalue weighted by atomic mass is 16.1.